The molecule has 4 saturated carbocycles. The van der Waals surface area contributed by atoms with E-state index in [0.717, 1.165) is 25.3 Å². The number of nitrogens with one attached hydrogen (secondary N) is 1. The molecule has 0 aromatic heterocycles. The van der Waals surface area contributed by atoms with Gasteiger partial charge in [-0.1, -0.05) is 11.6 Å². The van der Waals surface area contributed by atoms with Crippen LogP contribution >= 0.6 is 11.6 Å². The molecule has 4 fully saturated rings. The number of nitrogens with zero attached hydrogens (tertiary/aromatic N) is 1. The van der Waals surface area contributed by atoms with Gasteiger partial charge in [-0.3, -0.25) is 14.9 Å². The summed E-state index contributed by atoms with van der Waals surface area (Å²) in [6.45, 7) is 1.51. The van der Waals surface area contributed by atoms with Crippen LogP contribution in [0.1, 0.15) is 55.8 Å². The highest BCUT2D eigenvalue weighted by Crippen LogP contribution is 2.55. The summed E-state index contributed by atoms with van der Waals surface area (Å²) < 4.78 is 5.27. The van der Waals surface area contributed by atoms with Crippen molar-refractivity contribution in [3.63, 3.8) is 0 Å². The third kappa shape index (κ3) is 3.60. The average molecular weight is 407 g/mol. The van der Waals surface area contributed by atoms with Gasteiger partial charge in [0.25, 0.3) is 11.6 Å². The van der Waals surface area contributed by atoms with Gasteiger partial charge in [0, 0.05) is 17.7 Å². The van der Waals surface area contributed by atoms with E-state index in [0.29, 0.717) is 17.8 Å². The second-order valence-corrected chi connectivity index (χ2v) is 9.06. The molecule has 0 unspecified atom stereocenters. The van der Waals surface area contributed by atoms with Crippen molar-refractivity contribution in [2.24, 2.45) is 17.8 Å². The summed E-state index contributed by atoms with van der Waals surface area (Å²) in [6, 6.07) is 3.55. The van der Waals surface area contributed by atoms with Crippen LogP contribution in [-0.2, 0) is 9.53 Å². The van der Waals surface area contributed by atoms with E-state index in [4.69, 9.17) is 16.3 Å². The fourth-order valence-electron chi connectivity index (χ4n) is 5.69. The zero-order chi connectivity index (χ0) is 20.1. The molecular weight excluding hydrogens is 384 g/mol. The van der Waals surface area contributed by atoms with E-state index in [-0.39, 0.29) is 27.7 Å². The second kappa shape index (κ2) is 7.03. The normalized spacial score (nSPS) is 31.3. The summed E-state index contributed by atoms with van der Waals surface area (Å²) in [6.07, 6.45) is 5.81. The van der Waals surface area contributed by atoms with Crippen LogP contribution < -0.4 is 5.32 Å². The van der Waals surface area contributed by atoms with E-state index >= 15 is 0 Å². The highest BCUT2D eigenvalue weighted by molar-refractivity contribution is 6.33. The van der Waals surface area contributed by atoms with Crippen LogP contribution in [0.25, 0.3) is 0 Å². The Balaban J connectivity index is 1.42. The van der Waals surface area contributed by atoms with Crippen molar-refractivity contribution in [1.29, 1.82) is 0 Å². The molecule has 1 aromatic rings. The summed E-state index contributed by atoms with van der Waals surface area (Å²) in [5, 5.41) is 14.1. The fraction of sp³-hybridized carbons (Fsp3) is 0.600. The molecule has 1 aromatic carbocycles. The van der Waals surface area contributed by atoms with Crippen LogP contribution in [0.3, 0.4) is 0 Å². The molecule has 0 heterocycles. The quantitative estimate of drug-likeness (QED) is 0.454. The molecule has 150 valence electrons. The molecule has 4 aliphatic rings. The van der Waals surface area contributed by atoms with Crippen LogP contribution in [0.4, 0.5) is 5.69 Å². The van der Waals surface area contributed by atoms with Gasteiger partial charge in [-0.15, -0.1) is 0 Å². The number of benzene rings is 1. The Labute approximate surface area is 167 Å². The number of halogens is 1. The number of hydrogen-bond acceptors (Lipinski definition) is 5. The first-order valence-corrected chi connectivity index (χ1v) is 10.1. The van der Waals surface area contributed by atoms with Gasteiger partial charge in [0.05, 0.1) is 15.5 Å². The van der Waals surface area contributed by atoms with Crippen molar-refractivity contribution in [2.45, 2.75) is 57.1 Å². The minimum atomic E-state index is -1.00. The maximum absolute atomic E-state index is 12.7. The minimum absolute atomic E-state index is 0.0456. The molecule has 4 aliphatic carbocycles. The minimum Gasteiger partial charge on any atom is -0.449 e. The summed E-state index contributed by atoms with van der Waals surface area (Å²) in [4.78, 5) is 35.4. The first-order chi connectivity index (χ1) is 13.2. The molecule has 0 aliphatic heterocycles. The molecule has 4 bridgehead atoms. The molecule has 0 radical (unpaired) electrons. The maximum atomic E-state index is 12.7. The molecule has 1 N–H and O–H groups in total. The number of esters is 1. The fourth-order valence-corrected chi connectivity index (χ4v) is 5.88. The summed E-state index contributed by atoms with van der Waals surface area (Å²) in [5.74, 6) is 0.896. The van der Waals surface area contributed by atoms with Crippen molar-refractivity contribution < 1.29 is 19.2 Å². The average Bonchev–Trinajstić information content (AvgIpc) is 2.60. The van der Waals surface area contributed by atoms with E-state index in [2.05, 4.69) is 5.32 Å². The van der Waals surface area contributed by atoms with Crippen LogP contribution in [0, 0.1) is 27.9 Å². The van der Waals surface area contributed by atoms with E-state index < -0.39 is 17.0 Å². The van der Waals surface area contributed by atoms with E-state index in [1.807, 2.05) is 0 Å². The number of non-ortho nitro benzene ring substituents is 1. The second-order valence-electron chi connectivity index (χ2n) is 8.66. The number of ether oxygens (including phenoxy) is 1. The first kappa shape index (κ1) is 19.2. The Morgan fingerprint density at radius 3 is 2.32 bits per heavy atom. The van der Waals surface area contributed by atoms with Gasteiger partial charge in [0.2, 0.25) is 0 Å². The third-order valence-corrected chi connectivity index (χ3v) is 6.79. The number of carbonyl (C=O) groups excluding carboxylic acids is 2. The van der Waals surface area contributed by atoms with Crippen molar-refractivity contribution in [1.82, 2.24) is 5.32 Å². The summed E-state index contributed by atoms with van der Waals surface area (Å²) >= 11 is 5.98. The Kier molecular flexibility index (Phi) is 4.81. The molecule has 0 spiro atoms. The summed E-state index contributed by atoms with van der Waals surface area (Å²) in [7, 11) is 0. The van der Waals surface area contributed by atoms with Gasteiger partial charge < -0.3 is 10.1 Å². The largest absolute Gasteiger partial charge is 0.449 e. The maximum Gasteiger partial charge on any atom is 0.340 e. The lowest BCUT2D eigenvalue weighted by atomic mass is 9.53. The lowest BCUT2D eigenvalue weighted by Crippen LogP contribution is -2.61. The van der Waals surface area contributed by atoms with E-state index in [1.54, 1.807) is 0 Å². The van der Waals surface area contributed by atoms with Crippen molar-refractivity contribution >= 4 is 29.2 Å². The van der Waals surface area contributed by atoms with E-state index in [1.165, 1.54) is 38.3 Å². The van der Waals surface area contributed by atoms with Crippen LogP contribution in [0.5, 0.6) is 0 Å². The number of rotatable bonds is 5. The number of nitro groups is 1. The highest BCUT2D eigenvalue weighted by Gasteiger charge is 2.51. The Morgan fingerprint density at radius 1 is 1.21 bits per heavy atom. The predicted octanol–water partition coefficient (Wildman–Crippen LogP) is 3.88. The SMILES string of the molecule is C[C@H](OC(=O)c1cc([N+](=O)[O-])ccc1Cl)C(=O)NC12CC3CC(CC(C3)C1)C2. The van der Waals surface area contributed by atoms with Gasteiger partial charge in [0.15, 0.2) is 6.10 Å². The first-order valence-electron chi connectivity index (χ1n) is 9.71. The molecule has 8 heteroatoms. The number of carbonyl (C=O) groups is 2. The topological polar surface area (TPSA) is 98.5 Å². The van der Waals surface area contributed by atoms with Gasteiger partial charge in [-0.05, 0) is 69.3 Å². The molecule has 1 amide bonds. The zero-order valence-corrected chi connectivity index (χ0v) is 16.4. The Morgan fingerprint density at radius 2 is 1.79 bits per heavy atom. The van der Waals surface area contributed by atoms with Crippen molar-refractivity contribution in [2.75, 3.05) is 0 Å². The molecule has 7 nitrogen and oxygen atoms in total. The smallest absolute Gasteiger partial charge is 0.340 e. The lowest BCUT2D eigenvalue weighted by Gasteiger charge is -2.57. The van der Waals surface area contributed by atoms with Gasteiger partial charge >= 0.3 is 5.97 Å². The molecule has 28 heavy (non-hydrogen) atoms. The summed E-state index contributed by atoms with van der Waals surface area (Å²) in [5.41, 5.74) is -0.553. The number of amides is 1. The van der Waals surface area contributed by atoms with Crippen LogP contribution in [-0.4, -0.2) is 28.4 Å². The van der Waals surface area contributed by atoms with Gasteiger partial charge in [-0.2, -0.15) is 0 Å². The molecule has 5 rings (SSSR count). The standard InChI is InChI=1S/C20H23ClN2O5/c1-11(28-19(25)16-7-15(23(26)27)2-3-17(16)21)18(24)22-20-8-12-4-13(9-20)6-14(5-12)10-20/h2-3,7,11-14H,4-6,8-10H2,1H3,(H,22,24)/t11-,12?,13?,14?,20?/m0/s1. The third-order valence-electron chi connectivity index (χ3n) is 6.46. The lowest BCUT2D eigenvalue weighted by molar-refractivity contribution is -0.384. The molecule has 0 saturated heterocycles. The van der Waals surface area contributed by atoms with Crippen LogP contribution in [0.2, 0.25) is 5.02 Å². The Bertz CT molecular complexity index is 805. The predicted molar refractivity (Wildman–Crippen MR) is 102 cm³/mol. The highest BCUT2D eigenvalue weighted by atomic mass is 35.5. The van der Waals surface area contributed by atoms with Gasteiger partial charge in [0.1, 0.15) is 0 Å². The monoisotopic (exact) mass is 406 g/mol. The van der Waals surface area contributed by atoms with Crippen molar-refractivity contribution in [3.8, 4) is 0 Å². The molecule has 1 atom stereocenters. The number of hydrogen-bond donors (Lipinski definition) is 1. The molecular formula is C20H23ClN2O5. The number of nitro benzene ring substituents is 1. The Hall–Kier alpha value is -2.15. The van der Waals surface area contributed by atoms with Gasteiger partial charge in [-0.25, -0.2) is 4.79 Å². The van der Waals surface area contributed by atoms with E-state index in [9.17, 15) is 19.7 Å². The van der Waals surface area contributed by atoms with Crippen molar-refractivity contribution in [3.05, 3.63) is 38.9 Å². The van der Waals surface area contributed by atoms with Crippen LogP contribution in [0.15, 0.2) is 18.2 Å². The zero-order valence-electron chi connectivity index (χ0n) is 15.7.